The summed E-state index contributed by atoms with van der Waals surface area (Å²) < 4.78 is 5.43. The molecule has 0 aliphatic rings. The van der Waals surface area contributed by atoms with Gasteiger partial charge in [0.2, 0.25) is 5.89 Å². The fourth-order valence-electron chi connectivity index (χ4n) is 1.38. The maximum absolute atomic E-state index is 10.5. The van der Waals surface area contributed by atoms with E-state index < -0.39 is 4.92 Å². The second-order valence-electron chi connectivity index (χ2n) is 3.66. The third-order valence-corrected chi connectivity index (χ3v) is 2.28. The third-order valence-electron chi connectivity index (χ3n) is 2.28. The van der Waals surface area contributed by atoms with Crippen LogP contribution in [-0.2, 0) is 0 Å². The van der Waals surface area contributed by atoms with Crippen LogP contribution in [0, 0.1) is 10.1 Å². The zero-order chi connectivity index (χ0) is 12.4. The van der Waals surface area contributed by atoms with E-state index in [4.69, 9.17) is 10.2 Å². The maximum Gasteiger partial charge on any atom is 0.269 e. The monoisotopic (exact) mass is 233 g/mol. The van der Waals surface area contributed by atoms with Crippen LogP contribution in [0.5, 0.6) is 0 Å². The third kappa shape index (κ3) is 2.31. The molecule has 0 radical (unpaired) electrons. The number of hydrogen-bond donors (Lipinski definition) is 1. The number of benzene rings is 1. The Morgan fingerprint density at radius 3 is 2.53 bits per heavy atom. The number of nitrogens with two attached hydrogens (primary N) is 1. The predicted molar refractivity (Wildman–Crippen MR) is 61.2 cm³/mol. The summed E-state index contributed by atoms with van der Waals surface area (Å²) >= 11 is 0. The van der Waals surface area contributed by atoms with E-state index >= 15 is 0 Å². The van der Waals surface area contributed by atoms with Gasteiger partial charge >= 0.3 is 0 Å². The van der Waals surface area contributed by atoms with Crippen molar-refractivity contribution in [1.82, 2.24) is 4.98 Å². The first-order chi connectivity index (χ1) is 8.08. The van der Waals surface area contributed by atoms with Gasteiger partial charge in [0.05, 0.1) is 17.2 Å². The van der Waals surface area contributed by atoms with Crippen molar-refractivity contribution in [2.24, 2.45) is 5.73 Å². The molecule has 6 nitrogen and oxygen atoms in total. The number of oxazole rings is 1. The van der Waals surface area contributed by atoms with Crippen molar-refractivity contribution in [3.63, 3.8) is 0 Å². The van der Waals surface area contributed by atoms with E-state index in [2.05, 4.69) is 4.98 Å². The molecule has 6 heteroatoms. The highest BCUT2D eigenvalue weighted by atomic mass is 16.6. The summed E-state index contributed by atoms with van der Waals surface area (Å²) in [6.07, 6.45) is 1.56. The van der Waals surface area contributed by atoms with Crippen LogP contribution >= 0.6 is 0 Å². The van der Waals surface area contributed by atoms with Gasteiger partial charge in [-0.05, 0) is 19.1 Å². The average Bonchev–Trinajstić information content (AvgIpc) is 2.78. The molecule has 0 bridgehead atoms. The molecule has 88 valence electrons. The Kier molecular flexibility index (Phi) is 2.88. The fraction of sp³-hybridized carbons (Fsp3) is 0.182. The molecule has 0 aliphatic heterocycles. The van der Waals surface area contributed by atoms with Crippen molar-refractivity contribution in [1.29, 1.82) is 0 Å². The normalized spacial score (nSPS) is 12.4. The second kappa shape index (κ2) is 4.34. The molecule has 0 saturated carbocycles. The van der Waals surface area contributed by atoms with Crippen LogP contribution in [-0.4, -0.2) is 9.91 Å². The molecule has 2 N–H and O–H groups in total. The number of non-ortho nitro benzene ring substituents is 1. The van der Waals surface area contributed by atoms with Crippen molar-refractivity contribution < 1.29 is 9.34 Å². The first-order valence-corrected chi connectivity index (χ1v) is 5.04. The molecule has 0 fully saturated rings. The van der Waals surface area contributed by atoms with E-state index in [-0.39, 0.29) is 11.7 Å². The van der Waals surface area contributed by atoms with E-state index in [1.165, 1.54) is 12.1 Å². The Balaban J connectivity index is 2.30. The van der Waals surface area contributed by atoms with Crippen LogP contribution in [0.2, 0.25) is 0 Å². The lowest BCUT2D eigenvalue weighted by Gasteiger charge is -1.98. The van der Waals surface area contributed by atoms with E-state index in [1.54, 1.807) is 25.3 Å². The molecule has 1 aromatic heterocycles. The Hall–Kier alpha value is -2.21. The van der Waals surface area contributed by atoms with Crippen molar-refractivity contribution in [3.05, 3.63) is 46.5 Å². The van der Waals surface area contributed by atoms with E-state index in [9.17, 15) is 10.1 Å². The van der Waals surface area contributed by atoms with Gasteiger partial charge in [0.15, 0.2) is 5.76 Å². The van der Waals surface area contributed by atoms with E-state index in [1.807, 2.05) is 0 Å². The molecule has 0 amide bonds. The van der Waals surface area contributed by atoms with Gasteiger partial charge in [0.25, 0.3) is 5.69 Å². The highest BCUT2D eigenvalue weighted by molar-refractivity contribution is 5.58. The number of aromatic nitrogens is 1. The largest absolute Gasteiger partial charge is 0.439 e. The van der Waals surface area contributed by atoms with Crippen LogP contribution < -0.4 is 5.73 Å². The van der Waals surface area contributed by atoms with Gasteiger partial charge < -0.3 is 10.2 Å². The van der Waals surface area contributed by atoms with Gasteiger partial charge in [0.1, 0.15) is 0 Å². The highest BCUT2D eigenvalue weighted by Crippen LogP contribution is 2.24. The lowest BCUT2D eigenvalue weighted by molar-refractivity contribution is -0.384. The predicted octanol–water partition coefficient (Wildman–Crippen LogP) is 2.27. The lowest BCUT2D eigenvalue weighted by atomic mass is 10.2. The van der Waals surface area contributed by atoms with Crippen molar-refractivity contribution in [2.45, 2.75) is 13.0 Å². The van der Waals surface area contributed by atoms with Crippen LogP contribution in [0.4, 0.5) is 5.69 Å². The minimum absolute atomic E-state index is 0.0423. The Morgan fingerprint density at radius 2 is 2.06 bits per heavy atom. The minimum Gasteiger partial charge on any atom is -0.439 e. The smallest absolute Gasteiger partial charge is 0.269 e. The first kappa shape index (κ1) is 11.3. The van der Waals surface area contributed by atoms with Gasteiger partial charge in [0, 0.05) is 17.7 Å². The molecule has 0 saturated heterocycles. The maximum atomic E-state index is 10.5. The van der Waals surface area contributed by atoms with Crippen LogP contribution in [0.25, 0.3) is 11.3 Å². The lowest BCUT2D eigenvalue weighted by Crippen LogP contribution is -2.04. The molecule has 1 heterocycles. The molecular formula is C11H11N3O3. The van der Waals surface area contributed by atoms with Gasteiger partial charge in [-0.15, -0.1) is 0 Å². The van der Waals surface area contributed by atoms with Gasteiger partial charge in [-0.3, -0.25) is 10.1 Å². The molecule has 17 heavy (non-hydrogen) atoms. The van der Waals surface area contributed by atoms with Crippen LogP contribution in [0.3, 0.4) is 0 Å². The Bertz CT molecular complexity index is 531. The number of rotatable bonds is 3. The number of nitro benzene ring substituents is 1. The van der Waals surface area contributed by atoms with Gasteiger partial charge in [-0.1, -0.05) is 0 Å². The summed E-state index contributed by atoms with van der Waals surface area (Å²) in [5.74, 6) is 0.991. The summed E-state index contributed by atoms with van der Waals surface area (Å²) in [7, 11) is 0. The summed E-state index contributed by atoms with van der Waals surface area (Å²) in [4.78, 5) is 14.1. The van der Waals surface area contributed by atoms with E-state index in [0.717, 1.165) is 5.56 Å². The molecule has 2 aromatic rings. The minimum atomic E-state index is -0.447. The molecule has 1 aromatic carbocycles. The molecule has 0 spiro atoms. The zero-order valence-corrected chi connectivity index (χ0v) is 9.16. The molecule has 2 rings (SSSR count). The van der Waals surface area contributed by atoms with Crippen LogP contribution in [0.15, 0.2) is 34.9 Å². The Morgan fingerprint density at radius 1 is 1.41 bits per heavy atom. The molecule has 1 unspecified atom stereocenters. The van der Waals surface area contributed by atoms with Crippen molar-refractivity contribution >= 4 is 5.69 Å². The summed E-state index contributed by atoms with van der Waals surface area (Å²) in [5.41, 5.74) is 6.40. The first-order valence-electron chi connectivity index (χ1n) is 5.04. The topological polar surface area (TPSA) is 95.2 Å². The SMILES string of the molecule is CC(N)c1ncc(-c2ccc([N+](=O)[O-])cc2)o1. The van der Waals surface area contributed by atoms with Gasteiger partial charge in [-0.25, -0.2) is 4.98 Å². The summed E-state index contributed by atoms with van der Waals surface area (Å²) in [6.45, 7) is 1.77. The number of nitrogens with zero attached hydrogens (tertiary/aromatic N) is 2. The molecule has 1 atom stereocenters. The summed E-state index contributed by atoms with van der Waals surface area (Å²) in [6, 6.07) is 5.79. The Labute approximate surface area is 97.2 Å². The highest BCUT2D eigenvalue weighted by Gasteiger charge is 2.11. The van der Waals surface area contributed by atoms with E-state index in [0.29, 0.717) is 11.7 Å². The number of nitro groups is 1. The van der Waals surface area contributed by atoms with Crippen LogP contribution in [0.1, 0.15) is 18.9 Å². The molecule has 0 aliphatic carbocycles. The quantitative estimate of drug-likeness (QED) is 0.648. The van der Waals surface area contributed by atoms with Gasteiger partial charge in [-0.2, -0.15) is 0 Å². The number of hydrogen-bond acceptors (Lipinski definition) is 5. The standard InChI is InChI=1S/C11H11N3O3/c1-7(12)11-13-6-10(17-11)8-2-4-9(5-3-8)14(15)16/h2-7H,12H2,1H3. The fourth-order valence-corrected chi connectivity index (χ4v) is 1.38. The summed E-state index contributed by atoms with van der Waals surface area (Å²) in [5, 5.41) is 10.5. The average molecular weight is 233 g/mol. The molecular weight excluding hydrogens is 222 g/mol. The van der Waals surface area contributed by atoms with Crippen molar-refractivity contribution in [3.8, 4) is 11.3 Å². The second-order valence-corrected chi connectivity index (χ2v) is 3.66. The zero-order valence-electron chi connectivity index (χ0n) is 9.16. The van der Waals surface area contributed by atoms with Crippen molar-refractivity contribution in [2.75, 3.05) is 0 Å².